The van der Waals surface area contributed by atoms with Gasteiger partial charge in [-0.2, -0.15) is 0 Å². The van der Waals surface area contributed by atoms with E-state index in [-0.39, 0.29) is 0 Å². The minimum Gasteiger partial charge on any atom is -0.261 e. The minimum absolute atomic E-state index is 0.726. The molecule has 2 unspecified atom stereocenters. The zero-order valence-corrected chi connectivity index (χ0v) is 6.29. The molecule has 1 aliphatic heterocycles. The lowest BCUT2D eigenvalue weighted by molar-refractivity contribution is 0.487. The number of hydrogen-bond acceptors (Lipinski definition) is 2. The Kier molecular flexibility index (Phi) is 2.20. The van der Waals surface area contributed by atoms with E-state index in [9.17, 15) is 0 Å². The van der Waals surface area contributed by atoms with Crippen LogP contribution in [0.2, 0.25) is 0 Å². The second-order valence-electron chi connectivity index (χ2n) is 2.67. The Morgan fingerprint density at radius 1 is 1.50 bits per heavy atom. The molecule has 0 amide bonds. The molecule has 1 saturated heterocycles. The van der Waals surface area contributed by atoms with Gasteiger partial charge in [-0.25, -0.2) is 0 Å². The van der Waals surface area contributed by atoms with E-state index in [2.05, 4.69) is 18.6 Å². The Balaban J connectivity index is 2.23. The average Bonchev–Trinajstić information content (AvgIpc) is 1.64. The normalized spacial score (nSPS) is 39.8. The molecule has 1 rings (SSSR count). The summed E-state index contributed by atoms with van der Waals surface area (Å²) in [5, 5.41) is 0. The summed E-state index contributed by atoms with van der Waals surface area (Å²) in [6.45, 7) is 4.55. The van der Waals surface area contributed by atoms with E-state index in [4.69, 9.17) is 0 Å². The van der Waals surface area contributed by atoms with Crippen molar-refractivity contribution < 1.29 is 0 Å². The maximum atomic E-state index is 3.33. The fourth-order valence-corrected chi connectivity index (χ4v) is 1.95. The fraction of sp³-hybridized carbons (Fsp3) is 1.00. The van der Waals surface area contributed by atoms with Crippen molar-refractivity contribution in [3.63, 3.8) is 0 Å². The summed E-state index contributed by atoms with van der Waals surface area (Å²) in [7, 11) is 0. The minimum atomic E-state index is 0.726. The molecular formula is C6H13NS. The van der Waals surface area contributed by atoms with Crippen LogP contribution in [-0.4, -0.2) is 11.8 Å². The first-order chi connectivity index (χ1) is 3.79. The van der Waals surface area contributed by atoms with Gasteiger partial charge >= 0.3 is 0 Å². The summed E-state index contributed by atoms with van der Waals surface area (Å²) in [4.78, 5) is 0. The molecule has 1 heterocycles. The van der Waals surface area contributed by atoms with E-state index in [1.165, 1.54) is 12.2 Å². The van der Waals surface area contributed by atoms with E-state index in [0.29, 0.717) is 0 Å². The Labute approximate surface area is 55.4 Å². The van der Waals surface area contributed by atoms with E-state index < -0.39 is 0 Å². The molecule has 0 aromatic rings. The molecule has 1 nitrogen and oxygen atoms in total. The number of hydrogen-bond donors (Lipinski definition) is 1. The Bertz CT molecular complexity index is 66.9. The molecule has 1 N–H and O–H groups in total. The van der Waals surface area contributed by atoms with Crippen LogP contribution in [0.3, 0.4) is 0 Å². The van der Waals surface area contributed by atoms with Crippen LogP contribution in [0.5, 0.6) is 0 Å². The molecule has 0 saturated carbocycles. The van der Waals surface area contributed by atoms with Gasteiger partial charge < -0.3 is 0 Å². The summed E-state index contributed by atoms with van der Waals surface area (Å²) < 4.78 is 3.33. The highest BCUT2D eigenvalue weighted by atomic mass is 32.2. The van der Waals surface area contributed by atoms with Gasteiger partial charge in [0.25, 0.3) is 0 Å². The van der Waals surface area contributed by atoms with Crippen molar-refractivity contribution in [1.82, 2.24) is 4.72 Å². The molecule has 0 radical (unpaired) electrons. The van der Waals surface area contributed by atoms with Crippen molar-refractivity contribution in [3.8, 4) is 0 Å². The zero-order valence-electron chi connectivity index (χ0n) is 5.48. The van der Waals surface area contributed by atoms with Crippen molar-refractivity contribution in [3.05, 3.63) is 0 Å². The predicted octanol–water partition coefficient (Wildman–Crippen LogP) is 1.65. The Morgan fingerprint density at radius 2 is 2.25 bits per heavy atom. The molecule has 0 aromatic carbocycles. The largest absolute Gasteiger partial charge is 0.261 e. The third-order valence-corrected chi connectivity index (χ3v) is 2.71. The highest BCUT2D eigenvalue weighted by molar-refractivity contribution is 7.97. The van der Waals surface area contributed by atoms with Crippen LogP contribution in [0.15, 0.2) is 0 Å². The summed E-state index contributed by atoms with van der Waals surface area (Å²) >= 11 is 1.86. The van der Waals surface area contributed by atoms with Crippen LogP contribution in [0.4, 0.5) is 0 Å². The van der Waals surface area contributed by atoms with Crippen LogP contribution in [-0.2, 0) is 0 Å². The van der Waals surface area contributed by atoms with Crippen molar-refractivity contribution in [1.29, 1.82) is 0 Å². The standard InChI is InChI=1S/C6H13NS/c1-5-3-6(2)7-8-4-5/h5-7H,3-4H2,1-2H3. The van der Waals surface area contributed by atoms with Gasteiger partial charge in [0, 0.05) is 11.8 Å². The van der Waals surface area contributed by atoms with Gasteiger partial charge in [0.1, 0.15) is 0 Å². The van der Waals surface area contributed by atoms with Crippen LogP contribution < -0.4 is 4.72 Å². The first-order valence-corrected chi connectivity index (χ1v) is 4.15. The van der Waals surface area contributed by atoms with Crippen molar-refractivity contribution in [2.24, 2.45) is 5.92 Å². The second kappa shape index (κ2) is 2.74. The SMILES string of the molecule is CC1CSNC(C)C1. The van der Waals surface area contributed by atoms with E-state index in [0.717, 1.165) is 12.0 Å². The van der Waals surface area contributed by atoms with Gasteiger partial charge in [0.2, 0.25) is 0 Å². The van der Waals surface area contributed by atoms with Crippen LogP contribution in [0.1, 0.15) is 20.3 Å². The van der Waals surface area contributed by atoms with Crippen LogP contribution in [0.25, 0.3) is 0 Å². The summed E-state index contributed by atoms with van der Waals surface area (Å²) in [6.07, 6.45) is 1.34. The smallest absolute Gasteiger partial charge is 0.0146 e. The Hall–Kier alpha value is 0.310. The van der Waals surface area contributed by atoms with Gasteiger partial charge in [-0.05, 0) is 19.3 Å². The molecule has 0 spiro atoms. The summed E-state index contributed by atoms with van der Waals surface area (Å²) in [6, 6.07) is 0.726. The lowest BCUT2D eigenvalue weighted by Crippen LogP contribution is -2.28. The van der Waals surface area contributed by atoms with Crippen molar-refractivity contribution in [2.75, 3.05) is 5.75 Å². The molecule has 2 atom stereocenters. The average molecular weight is 131 g/mol. The summed E-state index contributed by atoms with van der Waals surface area (Å²) in [5.74, 6) is 2.20. The van der Waals surface area contributed by atoms with E-state index >= 15 is 0 Å². The summed E-state index contributed by atoms with van der Waals surface area (Å²) in [5.41, 5.74) is 0. The Morgan fingerprint density at radius 3 is 2.62 bits per heavy atom. The second-order valence-corrected chi connectivity index (χ2v) is 3.53. The highest BCUT2D eigenvalue weighted by Crippen LogP contribution is 2.18. The molecule has 0 aromatic heterocycles. The van der Waals surface area contributed by atoms with Gasteiger partial charge in [-0.3, -0.25) is 4.72 Å². The third kappa shape index (κ3) is 1.67. The quantitative estimate of drug-likeness (QED) is 0.502. The topological polar surface area (TPSA) is 12.0 Å². The zero-order chi connectivity index (χ0) is 5.98. The molecule has 0 bridgehead atoms. The van der Waals surface area contributed by atoms with Gasteiger partial charge in [-0.1, -0.05) is 18.9 Å². The van der Waals surface area contributed by atoms with E-state index in [1.54, 1.807) is 0 Å². The molecule has 2 heteroatoms. The monoisotopic (exact) mass is 131 g/mol. The van der Waals surface area contributed by atoms with Crippen molar-refractivity contribution in [2.45, 2.75) is 26.3 Å². The highest BCUT2D eigenvalue weighted by Gasteiger charge is 2.13. The maximum Gasteiger partial charge on any atom is 0.0146 e. The van der Waals surface area contributed by atoms with Crippen molar-refractivity contribution >= 4 is 11.9 Å². The number of nitrogens with one attached hydrogen (secondary N) is 1. The molecule has 48 valence electrons. The molecule has 1 aliphatic rings. The van der Waals surface area contributed by atoms with Gasteiger partial charge in [0.15, 0.2) is 0 Å². The first kappa shape index (κ1) is 6.43. The number of rotatable bonds is 0. The molecular weight excluding hydrogens is 118 g/mol. The van der Waals surface area contributed by atoms with Gasteiger partial charge in [-0.15, -0.1) is 0 Å². The molecule has 0 aliphatic carbocycles. The fourth-order valence-electron chi connectivity index (χ4n) is 1.05. The predicted molar refractivity (Wildman–Crippen MR) is 38.8 cm³/mol. The maximum absolute atomic E-state index is 3.33. The van der Waals surface area contributed by atoms with Crippen LogP contribution >= 0.6 is 11.9 Å². The van der Waals surface area contributed by atoms with E-state index in [1.807, 2.05) is 11.9 Å². The lowest BCUT2D eigenvalue weighted by atomic mass is 10.1. The molecule has 8 heavy (non-hydrogen) atoms. The molecule has 1 fully saturated rings. The third-order valence-electron chi connectivity index (χ3n) is 1.41. The lowest BCUT2D eigenvalue weighted by Gasteiger charge is -2.23. The van der Waals surface area contributed by atoms with Gasteiger partial charge in [0.05, 0.1) is 0 Å². The van der Waals surface area contributed by atoms with Crippen LogP contribution in [0, 0.1) is 5.92 Å². The first-order valence-electron chi connectivity index (χ1n) is 3.16.